The first-order valence-electron chi connectivity index (χ1n) is 10.7. The predicted octanol–water partition coefficient (Wildman–Crippen LogP) is 5.98. The molecule has 0 radical (unpaired) electrons. The molecule has 1 amide bonds. The van der Waals surface area contributed by atoms with E-state index in [2.05, 4.69) is 5.32 Å². The standard InChI is InChI=1S/C27H24N2O3S2/c1-21-16-18-22(19-17-21)29(34(31,32)24-12-6-3-7-13-24)20-27(30)28-25-14-8-9-15-26(25)33-23-10-4-2-5-11-23/h2-19H,20H2,1H3,(H,28,30). The van der Waals surface area contributed by atoms with Crippen molar-refractivity contribution in [1.82, 2.24) is 0 Å². The fourth-order valence-corrected chi connectivity index (χ4v) is 5.71. The number of anilines is 2. The van der Waals surface area contributed by atoms with Gasteiger partial charge in [-0.15, -0.1) is 0 Å². The van der Waals surface area contributed by atoms with Crippen LogP contribution >= 0.6 is 11.8 Å². The van der Waals surface area contributed by atoms with Crippen molar-refractivity contribution in [3.8, 4) is 0 Å². The molecule has 4 aromatic rings. The molecular formula is C27H24N2O3S2. The van der Waals surface area contributed by atoms with E-state index in [4.69, 9.17) is 0 Å². The number of carbonyl (C=O) groups excluding carboxylic acids is 1. The molecule has 0 atom stereocenters. The summed E-state index contributed by atoms with van der Waals surface area (Å²) < 4.78 is 28.1. The highest BCUT2D eigenvalue weighted by atomic mass is 32.2. The Kier molecular flexibility index (Phi) is 7.35. The monoisotopic (exact) mass is 488 g/mol. The second kappa shape index (κ2) is 10.6. The second-order valence-corrected chi connectivity index (χ2v) is 10.6. The highest BCUT2D eigenvalue weighted by molar-refractivity contribution is 7.99. The molecule has 7 heteroatoms. The zero-order chi connectivity index (χ0) is 24.0. The third-order valence-corrected chi connectivity index (χ3v) is 7.94. The number of aryl methyl sites for hydroxylation is 1. The first kappa shape index (κ1) is 23.6. The average Bonchev–Trinajstić information content (AvgIpc) is 2.85. The van der Waals surface area contributed by atoms with Gasteiger partial charge in [0.15, 0.2) is 0 Å². The number of hydrogen-bond acceptors (Lipinski definition) is 4. The molecule has 0 fully saturated rings. The van der Waals surface area contributed by atoms with Crippen molar-refractivity contribution in [3.63, 3.8) is 0 Å². The SMILES string of the molecule is Cc1ccc(N(CC(=O)Nc2ccccc2Sc2ccccc2)S(=O)(=O)c2ccccc2)cc1. The van der Waals surface area contributed by atoms with Crippen LogP contribution < -0.4 is 9.62 Å². The van der Waals surface area contributed by atoms with Crippen molar-refractivity contribution < 1.29 is 13.2 Å². The number of rotatable bonds is 8. The fourth-order valence-electron chi connectivity index (χ4n) is 3.34. The molecular weight excluding hydrogens is 464 g/mol. The summed E-state index contributed by atoms with van der Waals surface area (Å²) in [5, 5.41) is 2.90. The van der Waals surface area contributed by atoms with E-state index in [1.807, 2.05) is 73.7 Å². The molecule has 0 aliphatic heterocycles. The highest BCUT2D eigenvalue weighted by Gasteiger charge is 2.27. The number of para-hydroxylation sites is 1. The Morgan fingerprint density at radius 2 is 1.38 bits per heavy atom. The fraction of sp³-hybridized carbons (Fsp3) is 0.0741. The van der Waals surface area contributed by atoms with Gasteiger partial charge in [-0.05, 0) is 55.5 Å². The molecule has 34 heavy (non-hydrogen) atoms. The molecule has 5 nitrogen and oxygen atoms in total. The lowest BCUT2D eigenvalue weighted by atomic mass is 10.2. The van der Waals surface area contributed by atoms with Gasteiger partial charge in [-0.25, -0.2) is 8.42 Å². The van der Waals surface area contributed by atoms with Gasteiger partial charge in [0, 0.05) is 9.79 Å². The van der Waals surface area contributed by atoms with E-state index < -0.39 is 15.9 Å². The Bertz CT molecular complexity index is 1360. The Morgan fingerprint density at radius 3 is 2.06 bits per heavy atom. The van der Waals surface area contributed by atoms with E-state index in [1.165, 1.54) is 23.9 Å². The Hall–Kier alpha value is -3.55. The summed E-state index contributed by atoms with van der Waals surface area (Å²) in [4.78, 5) is 15.2. The van der Waals surface area contributed by atoms with Crippen molar-refractivity contribution >= 4 is 39.1 Å². The van der Waals surface area contributed by atoms with Crippen molar-refractivity contribution in [1.29, 1.82) is 0 Å². The Balaban J connectivity index is 1.60. The third kappa shape index (κ3) is 5.68. The normalized spacial score (nSPS) is 11.1. The smallest absolute Gasteiger partial charge is 0.264 e. The Morgan fingerprint density at radius 1 is 0.794 bits per heavy atom. The van der Waals surface area contributed by atoms with Crippen molar-refractivity contribution in [2.75, 3.05) is 16.2 Å². The van der Waals surface area contributed by atoms with Crippen LogP contribution in [-0.2, 0) is 14.8 Å². The van der Waals surface area contributed by atoms with Crippen LogP contribution in [0, 0.1) is 6.92 Å². The van der Waals surface area contributed by atoms with Gasteiger partial charge in [-0.1, -0.05) is 78.0 Å². The molecule has 4 aromatic carbocycles. The molecule has 0 unspecified atom stereocenters. The molecule has 172 valence electrons. The van der Waals surface area contributed by atoms with E-state index >= 15 is 0 Å². The minimum atomic E-state index is -3.95. The Labute approximate surface area is 204 Å². The van der Waals surface area contributed by atoms with E-state index in [0.29, 0.717) is 11.4 Å². The molecule has 0 spiro atoms. The maximum atomic E-state index is 13.5. The molecule has 0 heterocycles. The maximum Gasteiger partial charge on any atom is 0.264 e. The van der Waals surface area contributed by atoms with Crippen LogP contribution in [0.3, 0.4) is 0 Å². The topological polar surface area (TPSA) is 66.5 Å². The zero-order valence-corrected chi connectivity index (χ0v) is 20.2. The quantitative estimate of drug-likeness (QED) is 0.331. The van der Waals surface area contributed by atoms with Gasteiger partial charge in [0.05, 0.1) is 16.3 Å². The first-order valence-corrected chi connectivity index (χ1v) is 13.0. The van der Waals surface area contributed by atoms with Gasteiger partial charge in [0.25, 0.3) is 10.0 Å². The number of carbonyl (C=O) groups is 1. The third-order valence-electron chi connectivity index (χ3n) is 5.07. The van der Waals surface area contributed by atoms with Crippen LogP contribution in [0.4, 0.5) is 11.4 Å². The van der Waals surface area contributed by atoms with E-state index in [1.54, 1.807) is 30.3 Å². The van der Waals surface area contributed by atoms with Crippen molar-refractivity contribution in [2.24, 2.45) is 0 Å². The van der Waals surface area contributed by atoms with Crippen LogP contribution in [0.2, 0.25) is 0 Å². The summed E-state index contributed by atoms with van der Waals surface area (Å²) in [5.41, 5.74) is 2.05. The summed E-state index contributed by atoms with van der Waals surface area (Å²) in [7, 11) is -3.95. The molecule has 0 aromatic heterocycles. The summed E-state index contributed by atoms with van der Waals surface area (Å²) in [6.07, 6.45) is 0. The summed E-state index contributed by atoms with van der Waals surface area (Å²) in [6.45, 7) is 1.57. The largest absolute Gasteiger partial charge is 0.323 e. The molecule has 0 saturated carbocycles. The number of hydrogen-bond donors (Lipinski definition) is 1. The van der Waals surface area contributed by atoms with Crippen LogP contribution in [0.15, 0.2) is 124 Å². The lowest BCUT2D eigenvalue weighted by Crippen LogP contribution is -2.38. The highest BCUT2D eigenvalue weighted by Crippen LogP contribution is 2.33. The molecule has 0 saturated heterocycles. The van der Waals surface area contributed by atoms with Gasteiger partial charge in [-0.2, -0.15) is 0 Å². The number of benzene rings is 4. The average molecular weight is 489 g/mol. The minimum absolute atomic E-state index is 0.128. The first-order chi connectivity index (χ1) is 16.4. The number of amides is 1. The lowest BCUT2D eigenvalue weighted by Gasteiger charge is -2.24. The molecule has 0 bridgehead atoms. The number of sulfonamides is 1. The maximum absolute atomic E-state index is 13.5. The summed E-state index contributed by atoms with van der Waals surface area (Å²) in [6, 6.07) is 32.5. The summed E-state index contributed by atoms with van der Waals surface area (Å²) in [5.74, 6) is -0.429. The summed E-state index contributed by atoms with van der Waals surface area (Å²) >= 11 is 1.53. The van der Waals surface area contributed by atoms with E-state index in [9.17, 15) is 13.2 Å². The predicted molar refractivity (Wildman–Crippen MR) is 138 cm³/mol. The minimum Gasteiger partial charge on any atom is -0.323 e. The van der Waals surface area contributed by atoms with Gasteiger partial charge in [0.1, 0.15) is 6.54 Å². The molecule has 0 aliphatic carbocycles. The van der Waals surface area contributed by atoms with Gasteiger partial charge in [0.2, 0.25) is 5.91 Å². The second-order valence-electron chi connectivity index (χ2n) is 7.62. The lowest BCUT2D eigenvalue weighted by molar-refractivity contribution is -0.114. The molecule has 0 aliphatic rings. The van der Waals surface area contributed by atoms with Gasteiger partial charge < -0.3 is 5.32 Å². The van der Waals surface area contributed by atoms with E-state index in [-0.39, 0.29) is 11.4 Å². The van der Waals surface area contributed by atoms with Gasteiger partial charge >= 0.3 is 0 Å². The number of nitrogens with zero attached hydrogens (tertiary/aromatic N) is 1. The molecule has 4 rings (SSSR count). The number of nitrogens with one attached hydrogen (secondary N) is 1. The van der Waals surface area contributed by atoms with Crippen LogP contribution in [0.5, 0.6) is 0 Å². The van der Waals surface area contributed by atoms with Crippen molar-refractivity contribution in [3.05, 3.63) is 115 Å². The van der Waals surface area contributed by atoms with Crippen molar-refractivity contribution in [2.45, 2.75) is 21.6 Å². The van der Waals surface area contributed by atoms with Gasteiger partial charge in [-0.3, -0.25) is 9.10 Å². The molecule has 1 N–H and O–H groups in total. The van der Waals surface area contributed by atoms with Crippen LogP contribution in [0.25, 0.3) is 0 Å². The van der Waals surface area contributed by atoms with Crippen LogP contribution in [0.1, 0.15) is 5.56 Å². The zero-order valence-electron chi connectivity index (χ0n) is 18.6. The van der Waals surface area contributed by atoms with E-state index in [0.717, 1.165) is 19.7 Å². The van der Waals surface area contributed by atoms with Crippen LogP contribution in [-0.4, -0.2) is 20.9 Å².